The Morgan fingerprint density at radius 2 is 1.97 bits per heavy atom. The highest BCUT2D eigenvalue weighted by atomic mass is 35.5. The highest BCUT2D eigenvalue weighted by Crippen LogP contribution is 2.31. The number of hydrogen-bond acceptors (Lipinski definition) is 4. The number of H-pyrrole nitrogens is 1. The van der Waals surface area contributed by atoms with E-state index in [2.05, 4.69) is 10.3 Å². The molecule has 0 aliphatic heterocycles. The van der Waals surface area contributed by atoms with Crippen molar-refractivity contribution in [3.05, 3.63) is 76.8 Å². The monoisotopic (exact) mass is 465 g/mol. The molecule has 5 nitrogen and oxygen atoms in total. The first-order valence-corrected chi connectivity index (χ1v) is 11.6. The molecule has 32 heavy (non-hydrogen) atoms. The number of rotatable bonds is 7. The summed E-state index contributed by atoms with van der Waals surface area (Å²) in [6.07, 6.45) is 0.640. The molecule has 4 rings (SSSR count). The summed E-state index contributed by atoms with van der Waals surface area (Å²) in [7, 11) is 0. The van der Waals surface area contributed by atoms with Crippen LogP contribution in [-0.2, 0) is 11.2 Å². The fourth-order valence-electron chi connectivity index (χ4n) is 3.46. The van der Waals surface area contributed by atoms with Crippen LogP contribution in [0.2, 0.25) is 5.02 Å². The van der Waals surface area contributed by atoms with Gasteiger partial charge in [-0.1, -0.05) is 65.8 Å². The first-order valence-electron chi connectivity index (χ1n) is 10.4. The molecule has 1 aromatic heterocycles. The molecule has 4 aromatic rings. The van der Waals surface area contributed by atoms with Crippen LogP contribution in [0.4, 0.5) is 5.69 Å². The number of fused-ring (bicyclic) bond motifs is 1. The van der Waals surface area contributed by atoms with Crippen molar-refractivity contribution in [2.45, 2.75) is 30.7 Å². The number of para-hydroxylation sites is 1. The Balaban J connectivity index is 1.52. The Hall–Kier alpha value is -2.80. The van der Waals surface area contributed by atoms with Gasteiger partial charge in [-0.2, -0.15) is 0 Å². The van der Waals surface area contributed by atoms with Crippen molar-refractivity contribution in [2.24, 2.45) is 0 Å². The number of nitrogens with zero attached hydrogens (tertiary/aromatic N) is 1. The van der Waals surface area contributed by atoms with Crippen molar-refractivity contribution < 1.29 is 9.90 Å². The molecule has 0 spiro atoms. The molecule has 0 saturated carbocycles. The fraction of sp³-hybridized carbons (Fsp3) is 0.200. The first-order chi connectivity index (χ1) is 15.4. The van der Waals surface area contributed by atoms with E-state index >= 15 is 0 Å². The Labute approximate surface area is 196 Å². The number of anilines is 1. The number of amides is 1. The van der Waals surface area contributed by atoms with Gasteiger partial charge >= 0.3 is 0 Å². The number of nitrogens with one attached hydrogen (secondary N) is 2. The standard InChI is InChI=1S/C25H24ClN3O2S/c1-15-6-11-21(20(26)14-15)27-24(31)16(2)32-25-28-22-5-3-4-19(23(22)29-25)18-9-7-17(8-10-18)12-13-30/h3-11,14,16,30H,12-13H2,1-2H3,(H,27,31)(H,28,29). The number of thioether (sulfide) groups is 1. The number of aromatic nitrogens is 2. The first kappa shape index (κ1) is 22.4. The van der Waals surface area contributed by atoms with Crippen LogP contribution >= 0.6 is 23.4 Å². The molecule has 3 aromatic carbocycles. The summed E-state index contributed by atoms with van der Waals surface area (Å²) in [5.74, 6) is -0.138. The van der Waals surface area contributed by atoms with E-state index in [1.165, 1.54) is 11.8 Å². The maximum absolute atomic E-state index is 12.7. The summed E-state index contributed by atoms with van der Waals surface area (Å²) in [4.78, 5) is 20.8. The van der Waals surface area contributed by atoms with E-state index < -0.39 is 0 Å². The zero-order valence-corrected chi connectivity index (χ0v) is 19.4. The van der Waals surface area contributed by atoms with Crippen molar-refractivity contribution in [2.75, 3.05) is 11.9 Å². The summed E-state index contributed by atoms with van der Waals surface area (Å²) in [5, 5.41) is 12.8. The van der Waals surface area contributed by atoms with Gasteiger partial charge in [-0.15, -0.1) is 0 Å². The molecule has 0 saturated heterocycles. The molecule has 0 fully saturated rings. The van der Waals surface area contributed by atoms with Crippen LogP contribution in [0.15, 0.2) is 65.8 Å². The summed E-state index contributed by atoms with van der Waals surface area (Å²) in [6, 6.07) is 19.7. The van der Waals surface area contributed by atoms with E-state index in [1.807, 2.05) is 74.5 Å². The van der Waals surface area contributed by atoms with Gasteiger partial charge in [0.2, 0.25) is 5.91 Å². The molecule has 1 atom stereocenters. The fourth-order valence-corrected chi connectivity index (χ4v) is 4.55. The normalized spacial score (nSPS) is 12.1. The van der Waals surface area contributed by atoms with Crippen molar-refractivity contribution in [3.63, 3.8) is 0 Å². The van der Waals surface area contributed by atoms with E-state index in [-0.39, 0.29) is 17.8 Å². The molecule has 1 heterocycles. The second-order valence-corrected chi connectivity index (χ2v) is 9.38. The molecule has 0 radical (unpaired) electrons. The molecular formula is C25H24ClN3O2S. The number of carbonyl (C=O) groups excluding carboxylic acids is 1. The third-order valence-electron chi connectivity index (χ3n) is 5.20. The van der Waals surface area contributed by atoms with Gasteiger partial charge in [-0.3, -0.25) is 4.79 Å². The van der Waals surface area contributed by atoms with Crippen molar-refractivity contribution in [3.8, 4) is 11.1 Å². The van der Waals surface area contributed by atoms with Crippen LogP contribution < -0.4 is 5.32 Å². The van der Waals surface area contributed by atoms with Gasteiger partial charge in [-0.25, -0.2) is 4.98 Å². The number of aromatic amines is 1. The van der Waals surface area contributed by atoms with E-state index in [0.29, 0.717) is 22.3 Å². The number of aliphatic hydroxyl groups excluding tert-OH is 1. The molecule has 0 bridgehead atoms. The van der Waals surface area contributed by atoms with Gasteiger partial charge in [0.15, 0.2) is 5.16 Å². The maximum atomic E-state index is 12.7. The van der Waals surface area contributed by atoms with E-state index in [0.717, 1.165) is 33.3 Å². The number of aliphatic hydroxyl groups is 1. The van der Waals surface area contributed by atoms with Crippen molar-refractivity contribution in [1.82, 2.24) is 9.97 Å². The molecular weight excluding hydrogens is 442 g/mol. The van der Waals surface area contributed by atoms with Crippen LogP contribution in [0.3, 0.4) is 0 Å². The van der Waals surface area contributed by atoms with Crippen LogP contribution in [-0.4, -0.2) is 32.8 Å². The molecule has 1 unspecified atom stereocenters. The van der Waals surface area contributed by atoms with Gasteiger partial charge in [-0.05, 0) is 55.2 Å². The number of hydrogen-bond donors (Lipinski definition) is 3. The topological polar surface area (TPSA) is 78.0 Å². The minimum Gasteiger partial charge on any atom is -0.396 e. The second kappa shape index (κ2) is 9.77. The summed E-state index contributed by atoms with van der Waals surface area (Å²) >= 11 is 7.61. The van der Waals surface area contributed by atoms with E-state index in [1.54, 1.807) is 0 Å². The number of aryl methyl sites for hydroxylation is 1. The van der Waals surface area contributed by atoms with Crippen molar-refractivity contribution >= 4 is 46.0 Å². The van der Waals surface area contributed by atoms with Gasteiger partial charge in [0, 0.05) is 12.2 Å². The minimum absolute atomic E-state index is 0.136. The summed E-state index contributed by atoms with van der Waals surface area (Å²) in [6.45, 7) is 3.93. The SMILES string of the molecule is Cc1ccc(NC(=O)C(C)Sc2nc3c(-c4ccc(CCO)cc4)cccc3[nH]2)c(Cl)c1. The van der Waals surface area contributed by atoms with Gasteiger partial charge in [0.25, 0.3) is 0 Å². The second-order valence-electron chi connectivity index (χ2n) is 7.65. The van der Waals surface area contributed by atoms with Crippen LogP contribution in [0, 0.1) is 6.92 Å². The lowest BCUT2D eigenvalue weighted by molar-refractivity contribution is -0.115. The Kier molecular flexibility index (Phi) is 6.84. The average molecular weight is 466 g/mol. The van der Waals surface area contributed by atoms with E-state index in [4.69, 9.17) is 21.7 Å². The Morgan fingerprint density at radius 3 is 2.69 bits per heavy atom. The molecule has 0 aliphatic rings. The maximum Gasteiger partial charge on any atom is 0.237 e. The summed E-state index contributed by atoms with van der Waals surface area (Å²) in [5.41, 5.74) is 6.58. The minimum atomic E-state index is -0.367. The molecule has 3 N–H and O–H groups in total. The molecule has 7 heteroatoms. The third-order valence-corrected chi connectivity index (χ3v) is 6.49. The zero-order valence-electron chi connectivity index (χ0n) is 17.9. The number of imidazole rings is 1. The van der Waals surface area contributed by atoms with Gasteiger partial charge in [0.05, 0.1) is 27.0 Å². The molecule has 0 aliphatic carbocycles. The predicted molar refractivity (Wildman–Crippen MR) is 132 cm³/mol. The largest absolute Gasteiger partial charge is 0.396 e. The predicted octanol–water partition coefficient (Wildman–Crippen LogP) is 5.85. The number of halogens is 1. The van der Waals surface area contributed by atoms with Gasteiger partial charge in [0.1, 0.15) is 0 Å². The average Bonchev–Trinajstić information content (AvgIpc) is 3.19. The smallest absolute Gasteiger partial charge is 0.237 e. The van der Waals surface area contributed by atoms with Gasteiger partial charge < -0.3 is 15.4 Å². The number of carbonyl (C=O) groups is 1. The number of benzene rings is 3. The zero-order chi connectivity index (χ0) is 22.7. The van der Waals surface area contributed by atoms with Crippen LogP contribution in [0.1, 0.15) is 18.1 Å². The Morgan fingerprint density at radius 1 is 1.19 bits per heavy atom. The quantitative estimate of drug-likeness (QED) is 0.299. The highest BCUT2D eigenvalue weighted by molar-refractivity contribution is 8.00. The lowest BCUT2D eigenvalue weighted by atomic mass is 10.0. The Bertz CT molecular complexity index is 1250. The highest BCUT2D eigenvalue weighted by Gasteiger charge is 2.18. The summed E-state index contributed by atoms with van der Waals surface area (Å²) < 4.78 is 0. The molecule has 1 amide bonds. The van der Waals surface area contributed by atoms with Crippen LogP contribution in [0.25, 0.3) is 22.2 Å². The molecule has 164 valence electrons. The van der Waals surface area contributed by atoms with Crippen molar-refractivity contribution in [1.29, 1.82) is 0 Å². The lowest BCUT2D eigenvalue weighted by Gasteiger charge is -2.12. The van der Waals surface area contributed by atoms with E-state index in [9.17, 15) is 4.79 Å². The van der Waals surface area contributed by atoms with Crippen LogP contribution in [0.5, 0.6) is 0 Å². The third kappa shape index (κ3) is 4.99. The lowest BCUT2D eigenvalue weighted by Crippen LogP contribution is -2.22.